The van der Waals surface area contributed by atoms with Gasteiger partial charge in [-0.05, 0) is 26.7 Å². The molecular formula is C12H19N3O4S. The van der Waals surface area contributed by atoms with Gasteiger partial charge in [-0.25, -0.2) is 13.4 Å². The molecule has 1 aromatic heterocycles. The van der Waals surface area contributed by atoms with Crippen LogP contribution in [0.1, 0.15) is 25.6 Å². The van der Waals surface area contributed by atoms with E-state index in [0.29, 0.717) is 31.8 Å². The van der Waals surface area contributed by atoms with Gasteiger partial charge in [0.05, 0.1) is 7.11 Å². The number of carbonyl (C=O) groups is 1. The lowest BCUT2D eigenvalue weighted by molar-refractivity contribution is -0.144. The van der Waals surface area contributed by atoms with E-state index in [1.54, 1.807) is 11.5 Å². The normalized spacial score (nSPS) is 20.2. The van der Waals surface area contributed by atoms with Crippen LogP contribution in [0.4, 0.5) is 0 Å². The minimum absolute atomic E-state index is 0.00680. The third kappa shape index (κ3) is 2.45. The molecule has 20 heavy (non-hydrogen) atoms. The van der Waals surface area contributed by atoms with Crippen LogP contribution in [0.25, 0.3) is 0 Å². The summed E-state index contributed by atoms with van der Waals surface area (Å²) in [7, 11) is -2.49. The van der Waals surface area contributed by atoms with Gasteiger partial charge in [-0.2, -0.15) is 4.31 Å². The first kappa shape index (κ1) is 15.0. The van der Waals surface area contributed by atoms with E-state index in [0.717, 1.165) is 0 Å². The zero-order valence-corrected chi connectivity index (χ0v) is 12.7. The summed E-state index contributed by atoms with van der Waals surface area (Å²) in [6, 6.07) is -0.739. The first-order valence-electron chi connectivity index (χ1n) is 6.55. The number of aromatic nitrogens is 2. The maximum atomic E-state index is 12.6. The molecule has 1 aromatic rings. The molecule has 0 bridgehead atoms. The van der Waals surface area contributed by atoms with E-state index in [1.807, 2.05) is 6.92 Å². The van der Waals surface area contributed by atoms with Crippen molar-refractivity contribution in [3.8, 4) is 0 Å². The van der Waals surface area contributed by atoms with Gasteiger partial charge < -0.3 is 9.30 Å². The fraction of sp³-hybridized carbons (Fsp3) is 0.667. The van der Waals surface area contributed by atoms with Gasteiger partial charge in [0.2, 0.25) is 0 Å². The number of rotatable bonds is 4. The molecule has 2 heterocycles. The lowest BCUT2D eigenvalue weighted by Gasteiger charge is -2.20. The molecule has 1 unspecified atom stereocenters. The lowest BCUT2D eigenvalue weighted by Crippen LogP contribution is -2.41. The third-order valence-corrected chi connectivity index (χ3v) is 5.32. The fourth-order valence-electron chi connectivity index (χ4n) is 2.44. The summed E-state index contributed by atoms with van der Waals surface area (Å²) in [6.45, 7) is 4.64. The fourth-order valence-corrected chi connectivity index (χ4v) is 4.09. The van der Waals surface area contributed by atoms with Crippen molar-refractivity contribution in [2.45, 2.75) is 44.3 Å². The van der Waals surface area contributed by atoms with Crippen molar-refractivity contribution in [1.82, 2.24) is 13.9 Å². The Bertz CT molecular complexity index is 608. The van der Waals surface area contributed by atoms with Crippen LogP contribution in [0.3, 0.4) is 0 Å². The Balaban J connectivity index is 2.36. The van der Waals surface area contributed by atoms with Gasteiger partial charge in [-0.1, -0.05) is 0 Å². The molecule has 1 fully saturated rings. The van der Waals surface area contributed by atoms with Gasteiger partial charge in [0, 0.05) is 19.3 Å². The second-order valence-electron chi connectivity index (χ2n) is 4.71. The van der Waals surface area contributed by atoms with E-state index in [9.17, 15) is 13.2 Å². The molecule has 2 rings (SSSR count). The molecule has 1 aliphatic heterocycles. The molecule has 1 saturated heterocycles. The van der Waals surface area contributed by atoms with E-state index in [-0.39, 0.29) is 5.03 Å². The second-order valence-corrected chi connectivity index (χ2v) is 6.55. The number of methoxy groups -OCH3 is 1. The Hall–Kier alpha value is -1.41. The molecular weight excluding hydrogens is 282 g/mol. The van der Waals surface area contributed by atoms with Crippen LogP contribution >= 0.6 is 0 Å². The molecule has 0 radical (unpaired) electrons. The van der Waals surface area contributed by atoms with Crippen molar-refractivity contribution < 1.29 is 17.9 Å². The number of sulfonamides is 1. The van der Waals surface area contributed by atoms with Crippen LogP contribution in [0, 0.1) is 6.92 Å². The van der Waals surface area contributed by atoms with E-state index in [1.165, 1.54) is 17.6 Å². The average molecular weight is 301 g/mol. The molecule has 1 aliphatic rings. The molecule has 0 amide bonds. The van der Waals surface area contributed by atoms with Gasteiger partial charge >= 0.3 is 5.97 Å². The van der Waals surface area contributed by atoms with Crippen molar-refractivity contribution in [2.24, 2.45) is 0 Å². The van der Waals surface area contributed by atoms with Gasteiger partial charge in [0.25, 0.3) is 10.0 Å². The second kappa shape index (κ2) is 5.53. The maximum Gasteiger partial charge on any atom is 0.324 e. The Kier molecular flexibility index (Phi) is 4.14. The molecule has 8 heteroatoms. The summed E-state index contributed by atoms with van der Waals surface area (Å²) >= 11 is 0. The lowest BCUT2D eigenvalue weighted by atomic mass is 10.2. The minimum atomic E-state index is -3.75. The number of hydrogen-bond donors (Lipinski definition) is 0. The van der Waals surface area contributed by atoms with Crippen LogP contribution in [0.15, 0.2) is 11.2 Å². The smallest absolute Gasteiger partial charge is 0.324 e. The van der Waals surface area contributed by atoms with Crippen LogP contribution < -0.4 is 0 Å². The predicted octanol–water partition coefficient (Wildman–Crippen LogP) is 0.538. The number of esters is 1. The SMILES string of the molecule is CCn1cc(S(=O)(=O)N2CCCC2C(=O)OC)nc1C. The summed E-state index contributed by atoms with van der Waals surface area (Å²) in [5.74, 6) is 0.123. The van der Waals surface area contributed by atoms with Gasteiger partial charge in [0.1, 0.15) is 11.9 Å². The largest absolute Gasteiger partial charge is 0.468 e. The number of imidazole rings is 1. The molecule has 0 N–H and O–H groups in total. The minimum Gasteiger partial charge on any atom is -0.468 e. The standard InChI is InChI=1S/C12H19N3O4S/c1-4-14-8-11(13-9(14)2)20(17,18)15-7-5-6-10(15)12(16)19-3/h8,10H,4-7H2,1-3H3. The van der Waals surface area contributed by atoms with E-state index in [4.69, 9.17) is 0 Å². The Morgan fingerprint density at radius 2 is 2.25 bits per heavy atom. The molecule has 0 aromatic carbocycles. The summed E-state index contributed by atoms with van der Waals surface area (Å²) in [6.07, 6.45) is 2.64. The topological polar surface area (TPSA) is 81.5 Å². The molecule has 0 spiro atoms. The summed E-state index contributed by atoms with van der Waals surface area (Å²) in [5.41, 5.74) is 0. The van der Waals surface area contributed by atoms with Gasteiger partial charge in [-0.3, -0.25) is 4.79 Å². The quantitative estimate of drug-likeness (QED) is 0.758. The Morgan fingerprint density at radius 1 is 1.55 bits per heavy atom. The van der Waals surface area contributed by atoms with Crippen molar-refractivity contribution >= 4 is 16.0 Å². The highest BCUT2D eigenvalue weighted by atomic mass is 32.2. The van der Waals surface area contributed by atoms with E-state index in [2.05, 4.69) is 9.72 Å². The number of aryl methyl sites for hydroxylation is 2. The summed E-state index contributed by atoms with van der Waals surface area (Å²) < 4.78 is 32.8. The third-order valence-electron chi connectivity index (χ3n) is 3.54. The first-order chi connectivity index (χ1) is 9.41. The Labute approximate surface area is 118 Å². The molecule has 112 valence electrons. The summed E-state index contributed by atoms with van der Waals surface area (Å²) in [4.78, 5) is 15.8. The Morgan fingerprint density at radius 3 is 2.80 bits per heavy atom. The molecule has 0 saturated carbocycles. The predicted molar refractivity (Wildman–Crippen MR) is 71.6 cm³/mol. The molecule has 0 aliphatic carbocycles. The molecule has 7 nitrogen and oxygen atoms in total. The molecule has 1 atom stereocenters. The van der Waals surface area contributed by atoms with Crippen LogP contribution in [0.5, 0.6) is 0 Å². The van der Waals surface area contributed by atoms with E-state index < -0.39 is 22.0 Å². The van der Waals surface area contributed by atoms with Crippen LogP contribution in [-0.2, 0) is 26.1 Å². The number of nitrogens with zero attached hydrogens (tertiary/aromatic N) is 3. The number of carbonyl (C=O) groups excluding carboxylic acids is 1. The highest BCUT2D eigenvalue weighted by Crippen LogP contribution is 2.26. The zero-order chi connectivity index (χ0) is 14.9. The first-order valence-corrected chi connectivity index (χ1v) is 7.99. The van der Waals surface area contributed by atoms with Crippen LogP contribution in [-0.4, -0.2) is 47.9 Å². The maximum absolute atomic E-state index is 12.6. The van der Waals surface area contributed by atoms with Crippen molar-refractivity contribution in [2.75, 3.05) is 13.7 Å². The van der Waals surface area contributed by atoms with Crippen molar-refractivity contribution in [3.63, 3.8) is 0 Å². The van der Waals surface area contributed by atoms with Crippen LogP contribution in [0.2, 0.25) is 0 Å². The average Bonchev–Trinajstić information content (AvgIpc) is 3.04. The van der Waals surface area contributed by atoms with Crippen molar-refractivity contribution in [3.05, 3.63) is 12.0 Å². The number of hydrogen-bond acceptors (Lipinski definition) is 5. The highest BCUT2D eigenvalue weighted by Gasteiger charge is 2.41. The van der Waals surface area contributed by atoms with E-state index >= 15 is 0 Å². The monoisotopic (exact) mass is 301 g/mol. The highest BCUT2D eigenvalue weighted by molar-refractivity contribution is 7.89. The summed E-state index contributed by atoms with van der Waals surface area (Å²) in [5, 5.41) is -0.00680. The number of ether oxygens (including phenoxy) is 1. The van der Waals surface area contributed by atoms with Gasteiger partial charge in [-0.15, -0.1) is 0 Å². The zero-order valence-electron chi connectivity index (χ0n) is 11.9. The van der Waals surface area contributed by atoms with Crippen molar-refractivity contribution in [1.29, 1.82) is 0 Å². The van der Waals surface area contributed by atoms with Gasteiger partial charge in [0.15, 0.2) is 5.03 Å².